The largest absolute Gasteiger partial charge is 0.455 e. The first-order valence-corrected chi connectivity index (χ1v) is 24.9. The Balaban J connectivity index is 0.988. The Labute approximate surface area is 407 Å². The summed E-state index contributed by atoms with van der Waals surface area (Å²) in [7, 11) is -4.45. The van der Waals surface area contributed by atoms with Crippen LogP contribution >= 0.6 is 11.6 Å². The van der Waals surface area contributed by atoms with Crippen LogP contribution in [0, 0.1) is 15.5 Å². The Hall–Kier alpha value is -6.22. The van der Waals surface area contributed by atoms with Crippen molar-refractivity contribution < 1.29 is 50.3 Å². The van der Waals surface area contributed by atoms with Crippen molar-refractivity contribution >= 4 is 67.0 Å². The van der Waals surface area contributed by atoms with Gasteiger partial charge in [-0.1, -0.05) is 37.1 Å². The summed E-state index contributed by atoms with van der Waals surface area (Å²) in [5.41, 5.74) is 2.69. The zero-order chi connectivity index (χ0) is 50.0. The number of nitro benzene ring substituents is 1. The van der Waals surface area contributed by atoms with Crippen LogP contribution in [-0.4, -0.2) is 122 Å². The van der Waals surface area contributed by atoms with Gasteiger partial charge in [0.15, 0.2) is 15.6 Å². The van der Waals surface area contributed by atoms with Crippen LogP contribution in [0.15, 0.2) is 89.6 Å². The van der Waals surface area contributed by atoms with Crippen LogP contribution < -0.4 is 15.0 Å². The number of H-pyrrole nitrogens is 1. The number of allylic oxidation sites excluding steroid dienone is 1. The normalized spacial score (nSPS) is 18.0. The number of halogens is 4. The van der Waals surface area contributed by atoms with E-state index in [-0.39, 0.29) is 53.7 Å². The average molecular weight is 1010 g/mol. The van der Waals surface area contributed by atoms with Crippen LogP contribution in [0.3, 0.4) is 0 Å². The standard InChI is InChI=1S/C49H53ClF3N7O9S/c1-4-67-47(62)59-19-20-68-36(29-59)27-55-42-10-7-37(24-43(42)60(63)64)70(65,66)30-44(61)39-9-6-34(23-45(39)69-35-21-31-12-14-54-46(31)56-26-35)58-17-15-57(16-18-58)28-32-11-13-48(2,3)25-40(32)38-8-5-33(22-41(38)50)49(51,52)53/h5-10,12,14,21-24,26,36,55H,4,11,13,15-20,25,27-30H2,1-3H3,(H,54,56). The molecule has 1 aliphatic carbocycles. The van der Waals surface area contributed by atoms with Crippen LogP contribution in [0.5, 0.6) is 11.5 Å². The van der Waals surface area contributed by atoms with E-state index in [2.05, 4.69) is 38.9 Å². The van der Waals surface area contributed by atoms with Crippen molar-refractivity contribution in [3.63, 3.8) is 0 Å². The monoisotopic (exact) mass is 1010 g/mol. The molecule has 2 aliphatic heterocycles. The fourth-order valence-corrected chi connectivity index (χ4v) is 10.6. The maximum atomic E-state index is 14.1. The van der Waals surface area contributed by atoms with Crippen LogP contribution in [0.1, 0.15) is 61.5 Å². The molecule has 2 aromatic heterocycles. The number of amides is 1. The van der Waals surface area contributed by atoms with E-state index in [1.54, 1.807) is 37.4 Å². The van der Waals surface area contributed by atoms with E-state index in [4.69, 9.17) is 25.8 Å². The number of hydrogen-bond donors (Lipinski definition) is 2. The number of carbonyl (C=O) groups is 2. The van der Waals surface area contributed by atoms with Gasteiger partial charge in [0.2, 0.25) is 0 Å². The third-order valence-corrected chi connectivity index (χ3v) is 14.8. The first kappa shape index (κ1) is 50.2. The Bertz CT molecular complexity index is 2940. The van der Waals surface area contributed by atoms with Crippen LogP contribution in [0.4, 0.5) is 35.0 Å². The molecule has 2 N–H and O–H groups in total. The van der Waals surface area contributed by atoms with E-state index < -0.39 is 60.8 Å². The van der Waals surface area contributed by atoms with Gasteiger partial charge >= 0.3 is 12.3 Å². The number of nitrogens with zero attached hydrogens (tertiary/aromatic N) is 5. The van der Waals surface area contributed by atoms with Gasteiger partial charge in [-0.2, -0.15) is 13.2 Å². The lowest BCUT2D eigenvalue weighted by atomic mass is 9.72. The molecular formula is C49H53ClF3N7O9S. The molecule has 2 saturated heterocycles. The number of aromatic nitrogens is 2. The molecule has 21 heteroatoms. The fraction of sp³-hybridized carbons (Fsp3) is 0.408. The molecule has 0 spiro atoms. The second kappa shape index (κ2) is 20.6. The Morgan fingerprint density at radius 2 is 1.83 bits per heavy atom. The van der Waals surface area contributed by atoms with Gasteiger partial charge in [0.1, 0.15) is 28.6 Å². The summed E-state index contributed by atoms with van der Waals surface area (Å²) in [5.74, 6) is -1.45. The minimum atomic E-state index is -4.51. The van der Waals surface area contributed by atoms with Gasteiger partial charge in [-0.3, -0.25) is 19.8 Å². The molecule has 70 heavy (non-hydrogen) atoms. The van der Waals surface area contributed by atoms with Gasteiger partial charge in [-0.05, 0) is 91.3 Å². The fourth-order valence-electron chi connectivity index (χ4n) is 9.07. The highest BCUT2D eigenvalue weighted by molar-refractivity contribution is 7.92. The average Bonchev–Trinajstić information content (AvgIpc) is 3.79. The SMILES string of the molecule is CCOC(=O)N1CCOC(CNc2ccc(S(=O)(=O)CC(=O)c3ccc(N4CCN(CC5=C(c6ccc(C(F)(F)F)cc6Cl)CC(C)(C)CC5)CC4)cc3Oc3cnc4[nH]ccc4c3)cc2[N+](=O)[O-])C1. The van der Waals surface area contributed by atoms with E-state index in [0.29, 0.717) is 68.3 Å². The number of ether oxygens (including phenoxy) is 3. The highest BCUT2D eigenvalue weighted by Gasteiger charge is 2.34. The van der Waals surface area contributed by atoms with Crippen molar-refractivity contribution in [1.82, 2.24) is 19.8 Å². The highest BCUT2D eigenvalue weighted by atomic mass is 35.5. The zero-order valence-electron chi connectivity index (χ0n) is 38.8. The molecule has 5 aromatic rings. The van der Waals surface area contributed by atoms with Crippen molar-refractivity contribution in [2.24, 2.45) is 5.41 Å². The van der Waals surface area contributed by atoms with Gasteiger partial charge in [0.25, 0.3) is 5.69 Å². The summed E-state index contributed by atoms with van der Waals surface area (Å²) in [6, 6.07) is 15.4. The second-order valence-corrected chi connectivity index (χ2v) is 20.8. The molecule has 8 rings (SSSR count). The minimum Gasteiger partial charge on any atom is -0.455 e. The predicted molar refractivity (Wildman–Crippen MR) is 259 cm³/mol. The number of carbonyl (C=O) groups excluding carboxylic acids is 2. The first-order valence-electron chi connectivity index (χ1n) is 22.9. The van der Waals surface area contributed by atoms with Crippen molar-refractivity contribution in [2.45, 2.75) is 57.2 Å². The molecule has 2 fully saturated rings. The molecule has 1 amide bonds. The van der Waals surface area contributed by atoms with E-state index in [0.717, 1.165) is 47.6 Å². The van der Waals surface area contributed by atoms with Gasteiger partial charge in [-0.15, -0.1) is 0 Å². The predicted octanol–water partition coefficient (Wildman–Crippen LogP) is 9.65. The molecule has 16 nitrogen and oxygen atoms in total. The number of alkyl halides is 3. The lowest BCUT2D eigenvalue weighted by Crippen LogP contribution is -2.48. The molecular weight excluding hydrogens is 955 g/mol. The lowest BCUT2D eigenvalue weighted by molar-refractivity contribution is -0.384. The number of pyridine rings is 1. The number of benzene rings is 3. The number of hydrogen-bond acceptors (Lipinski definition) is 13. The number of ketones is 1. The van der Waals surface area contributed by atoms with Crippen molar-refractivity contribution in [2.75, 3.05) is 81.5 Å². The Morgan fingerprint density at radius 1 is 1.04 bits per heavy atom. The third kappa shape index (κ3) is 11.7. The molecule has 4 heterocycles. The van der Waals surface area contributed by atoms with E-state index >= 15 is 0 Å². The van der Waals surface area contributed by atoms with Crippen LogP contribution in [0.2, 0.25) is 5.02 Å². The molecule has 0 saturated carbocycles. The molecule has 3 aliphatic rings. The number of piperazine rings is 1. The third-order valence-electron chi connectivity index (χ3n) is 12.9. The van der Waals surface area contributed by atoms with Crippen LogP contribution in [0.25, 0.3) is 16.6 Å². The van der Waals surface area contributed by atoms with Gasteiger partial charge < -0.3 is 34.3 Å². The van der Waals surface area contributed by atoms with Crippen molar-refractivity contribution in [3.8, 4) is 11.5 Å². The maximum Gasteiger partial charge on any atom is 0.416 e. The number of Topliss-reactive ketones (excluding diaryl/α,β-unsaturated/α-hetero) is 1. The van der Waals surface area contributed by atoms with Gasteiger partial charge in [-0.25, -0.2) is 18.2 Å². The quantitative estimate of drug-likeness (QED) is 0.0573. The molecule has 0 bridgehead atoms. The van der Waals surface area contributed by atoms with Crippen molar-refractivity contribution in [1.29, 1.82) is 0 Å². The maximum absolute atomic E-state index is 14.1. The molecule has 372 valence electrons. The molecule has 1 unspecified atom stereocenters. The number of rotatable bonds is 15. The van der Waals surface area contributed by atoms with E-state index in [1.807, 2.05) is 0 Å². The number of nitrogens with one attached hydrogen (secondary N) is 2. The number of morpholine rings is 1. The smallest absolute Gasteiger partial charge is 0.416 e. The van der Waals surface area contributed by atoms with E-state index in [9.17, 15) is 41.3 Å². The summed E-state index contributed by atoms with van der Waals surface area (Å²) in [5, 5.41) is 16.0. The molecule has 0 radical (unpaired) electrons. The summed E-state index contributed by atoms with van der Waals surface area (Å²) in [6.45, 7) is 10.1. The first-order chi connectivity index (χ1) is 33.3. The minimum absolute atomic E-state index is 0.0233. The van der Waals surface area contributed by atoms with Crippen molar-refractivity contribution in [3.05, 3.63) is 117 Å². The van der Waals surface area contributed by atoms with Gasteiger partial charge in [0.05, 0.1) is 53.0 Å². The summed E-state index contributed by atoms with van der Waals surface area (Å²) in [4.78, 5) is 50.8. The van der Waals surface area contributed by atoms with E-state index in [1.165, 1.54) is 35.4 Å². The van der Waals surface area contributed by atoms with Gasteiger partial charge in [0, 0.05) is 80.2 Å². The number of sulfone groups is 1. The zero-order valence-corrected chi connectivity index (χ0v) is 40.4. The molecule has 3 aromatic carbocycles. The summed E-state index contributed by atoms with van der Waals surface area (Å²) in [6.07, 6.45) is 0.0575. The molecule has 1 atom stereocenters. The number of aromatic amines is 1. The Morgan fingerprint density at radius 3 is 2.56 bits per heavy atom. The van der Waals surface area contributed by atoms with Crippen LogP contribution in [-0.2, 0) is 25.5 Å². The highest BCUT2D eigenvalue weighted by Crippen LogP contribution is 2.46. The second-order valence-electron chi connectivity index (χ2n) is 18.4. The number of fused-ring (bicyclic) bond motifs is 1. The number of nitro groups is 1. The summed E-state index contributed by atoms with van der Waals surface area (Å²) < 4.78 is 85.4. The lowest BCUT2D eigenvalue weighted by Gasteiger charge is -2.39. The number of anilines is 2. The topological polar surface area (TPSA) is 190 Å². The Kier molecular flexibility index (Phi) is 14.8. The summed E-state index contributed by atoms with van der Waals surface area (Å²) >= 11 is 6.54.